The molecular formula is C35H52N2O2S. The highest BCUT2D eigenvalue weighted by Gasteiger charge is 2.16. The largest absolute Gasteiger partial charge is 0.494 e. The third kappa shape index (κ3) is 12.0. The molecule has 1 heterocycles. The molecule has 0 N–H and O–H groups in total. The average molecular weight is 565 g/mol. The first-order valence-electron chi connectivity index (χ1n) is 15.8. The Hall–Kier alpha value is -2.40. The van der Waals surface area contributed by atoms with Crippen molar-refractivity contribution in [3.05, 3.63) is 70.8 Å². The number of carbonyl (C=O) groups excluding carboxylic acids is 1. The summed E-state index contributed by atoms with van der Waals surface area (Å²) in [5, 5.41) is 0. The molecule has 0 bridgehead atoms. The number of hydrogen-bond acceptors (Lipinski definition) is 4. The fraction of sp³-hybridized carbons (Fsp3) is 0.571. The number of hydrogen-bond donors (Lipinski definition) is 0. The normalized spacial score (nSPS) is 13.0. The first kappa shape index (κ1) is 32.1. The Kier molecular flexibility index (Phi) is 15.1. The lowest BCUT2D eigenvalue weighted by atomic mass is 10.1. The summed E-state index contributed by atoms with van der Waals surface area (Å²) in [5.41, 5.74) is 3.32. The van der Waals surface area contributed by atoms with E-state index >= 15 is 0 Å². The van der Waals surface area contributed by atoms with Crippen LogP contribution in [-0.4, -0.2) is 23.3 Å². The molecule has 3 rings (SSSR count). The topological polar surface area (TPSA) is 32.8 Å². The average Bonchev–Trinajstić information content (AvgIpc) is 3.39. The number of amides is 1. The van der Waals surface area contributed by atoms with Gasteiger partial charge in [0.1, 0.15) is 5.75 Å². The number of anilines is 1. The smallest absolute Gasteiger partial charge is 0.227 e. The molecule has 4 nitrogen and oxygen atoms in total. The fourth-order valence-electron chi connectivity index (χ4n) is 5.14. The van der Waals surface area contributed by atoms with Gasteiger partial charge in [0.25, 0.3) is 0 Å². The van der Waals surface area contributed by atoms with E-state index < -0.39 is 0 Å². The SMILES string of the molecule is CCCCCCCCCCCCCCOc1ccc(CN(C(=O)CC)c2ccc(CN3C=C(C)SC3)cc2)cc1. The van der Waals surface area contributed by atoms with Crippen LogP contribution in [0.3, 0.4) is 0 Å². The molecule has 1 aliphatic rings. The van der Waals surface area contributed by atoms with Gasteiger partial charge in [-0.3, -0.25) is 4.79 Å². The molecule has 40 heavy (non-hydrogen) atoms. The molecule has 0 spiro atoms. The first-order valence-corrected chi connectivity index (χ1v) is 16.7. The van der Waals surface area contributed by atoms with Crippen molar-refractivity contribution in [2.75, 3.05) is 17.4 Å². The number of rotatable bonds is 20. The molecule has 5 heteroatoms. The summed E-state index contributed by atoms with van der Waals surface area (Å²) in [6.07, 6.45) is 18.9. The van der Waals surface area contributed by atoms with E-state index in [9.17, 15) is 4.79 Å². The third-order valence-corrected chi connectivity index (χ3v) is 8.61. The maximum atomic E-state index is 12.8. The summed E-state index contributed by atoms with van der Waals surface area (Å²) in [6.45, 7) is 8.59. The number of unbranched alkanes of at least 4 members (excludes halogenated alkanes) is 11. The Morgan fingerprint density at radius 1 is 0.800 bits per heavy atom. The summed E-state index contributed by atoms with van der Waals surface area (Å²) in [5.74, 6) is 2.05. The van der Waals surface area contributed by atoms with Gasteiger partial charge in [0.15, 0.2) is 0 Å². The van der Waals surface area contributed by atoms with Crippen molar-refractivity contribution in [1.82, 2.24) is 4.90 Å². The van der Waals surface area contributed by atoms with Crippen molar-refractivity contribution < 1.29 is 9.53 Å². The van der Waals surface area contributed by atoms with Crippen molar-refractivity contribution in [2.24, 2.45) is 0 Å². The second-order valence-corrected chi connectivity index (χ2v) is 12.3. The van der Waals surface area contributed by atoms with Crippen LogP contribution in [0.2, 0.25) is 0 Å². The van der Waals surface area contributed by atoms with Crippen molar-refractivity contribution in [1.29, 1.82) is 0 Å². The van der Waals surface area contributed by atoms with Crippen LogP contribution < -0.4 is 9.64 Å². The Morgan fingerprint density at radius 2 is 1.38 bits per heavy atom. The van der Waals surface area contributed by atoms with Gasteiger partial charge in [0.05, 0.1) is 19.0 Å². The second-order valence-electron chi connectivity index (χ2n) is 11.1. The molecule has 0 saturated heterocycles. The summed E-state index contributed by atoms with van der Waals surface area (Å²) >= 11 is 1.88. The predicted molar refractivity (Wildman–Crippen MR) is 173 cm³/mol. The van der Waals surface area contributed by atoms with Crippen molar-refractivity contribution in [2.45, 2.75) is 117 Å². The van der Waals surface area contributed by atoms with Crippen molar-refractivity contribution in [3.63, 3.8) is 0 Å². The molecule has 0 aliphatic carbocycles. The molecule has 0 atom stereocenters. The van der Waals surface area contributed by atoms with E-state index in [2.05, 4.69) is 61.3 Å². The highest BCUT2D eigenvalue weighted by molar-refractivity contribution is 8.03. The van der Waals surface area contributed by atoms with E-state index in [0.29, 0.717) is 13.0 Å². The van der Waals surface area contributed by atoms with Crippen LogP contribution in [0.15, 0.2) is 59.6 Å². The van der Waals surface area contributed by atoms with Gasteiger partial charge in [-0.25, -0.2) is 0 Å². The van der Waals surface area contributed by atoms with E-state index in [-0.39, 0.29) is 5.91 Å². The monoisotopic (exact) mass is 564 g/mol. The molecule has 1 amide bonds. The van der Waals surface area contributed by atoms with Crippen LogP contribution in [0.25, 0.3) is 0 Å². The number of nitrogens with zero attached hydrogens (tertiary/aromatic N) is 2. The number of ether oxygens (including phenoxy) is 1. The zero-order valence-corrected chi connectivity index (χ0v) is 26.2. The zero-order chi connectivity index (χ0) is 28.4. The van der Waals surface area contributed by atoms with Gasteiger partial charge in [0, 0.05) is 24.9 Å². The lowest BCUT2D eigenvalue weighted by Gasteiger charge is -2.23. The lowest BCUT2D eigenvalue weighted by molar-refractivity contribution is -0.118. The summed E-state index contributed by atoms with van der Waals surface area (Å²) in [4.78, 5) is 18.4. The number of allylic oxidation sites excluding steroid dienone is 1. The Labute approximate surface area is 248 Å². The maximum Gasteiger partial charge on any atom is 0.227 e. The van der Waals surface area contributed by atoms with Gasteiger partial charge in [-0.2, -0.15) is 0 Å². The minimum atomic E-state index is 0.134. The zero-order valence-electron chi connectivity index (χ0n) is 25.3. The first-order chi connectivity index (χ1) is 19.6. The van der Waals surface area contributed by atoms with Crippen molar-refractivity contribution in [3.8, 4) is 5.75 Å². The number of thioether (sulfide) groups is 1. The Bertz CT molecular complexity index is 1000. The van der Waals surface area contributed by atoms with Crippen LogP contribution in [0, 0.1) is 0 Å². The predicted octanol–water partition coefficient (Wildman–Crippen LogP) is 10.1. The Morgan fingerprint density at radius 3 is 1.93 bits per heavy atom. The van der Waals surface area contributed by atoms with Crippen LogP contribution >= 0.6 is 11.8 Å². The van der Waals surface area contributed by atoms with Gasteiger partial charge in [-0.15, -0.1) is 11.8 Å². The summed E-state index contributed by atoms with van der Waals surface area (Å²) in [7, 11) is 0. The lowest BCUT2D eigenvalue weighted by Crippen LogP contribution is -2.29. The Balaban J connectivity index is 1.35. The van der Waals surface area contributed by atoms with E-state index in [1.54, 1.807) is 0 Å². The molecule has 2 aromatic carbocycles. The molecule has 220 valence electrons. The number of carbonyl (C=O) groups is 1. The summed E-state index contributed by atoms with van der Waals surface area (Å²) in [6, 6.07) is 16.7. The van der Waals surface area contributed by atoms with Crippen LogP contribution in [-0.2, 0) is 17.9 Å². The molecule has 0 radical (unpaired) electrons. The standard InChI is InChI=1S/C35H52N2O2S/c1-4-6-7-8-9-10-11-12-13-14-15-16-25-39-34-23-19-32(20-24-34)28-37(35(38)5-2)33-21-17-31(18-22-33)27-36-26-30(3)40-29-36/h17-24,26H,4-16,25,27-29H2,1-3H3. The molecule has 0 aromatic heterocycles. The third-order valence-electron chi connectivity index (χ3n) is 7.59. The van der Waals surface area contributed by atoms with E-state index in [1.165, 1.54) is 81.1 Å². The highest BCUT2D eigenvalue weighted by atomic mass is 32.2. The quantitative estimate of drug-likeness (QED) is 0.150. The summed E-state index contributed by atoms with van der Waals surface area (Å²) < 4.78 is 6.00. The second kappa shape index (κ2) is 18.9. The minimum absolute atomic E-state index is 0.134. The molecular weight excluding hydrogens is 512 g/mol. The minimum Gasteiger partial charge on any atom is -0.494 e. The number of benzene rings is 2. The van der Waals surface area contributed by atoms with Crippen molar-refractivity contribution >= 4 is 23.4 Å². The van der Waals surface area contributed by atoms with E-state index in [1.807, 2.05) is 35.7 Å². The molecule has 0 saturated carbocycles. The molecule has 1 aliphatic heterocycles. The molecule has 2 aromatic rings. The van der Waals surface area contributed by atoms with Crippen LogP contribution in [0.4, 0.5) is 5.69 Å². The maximum absolute atomic E-state index is 12.8. The fourth-order valence-corrected chi connectivity index (χ4v) is 5.90. The molecule has 0 fully saturated rings. The molecule has 0 unspecified atom stereocenters. The van der Waals surface area contributed by atoms with Crippen LogP contribution in [0.5, 0.6) is 5.75 Å². The van der Waals surface area contributed by atoms with Gasteiger partial charge in [0.2, 0.25) is 5.91 Å². The van der Waals surface area contributed by atoms with Gasteiger partial charge in [-0.1, -0.05) is 109 Å². The van der Waals surface area contributed by atoms with Gasteiger partial charge < -0.3 is 14.5 Å². The van der Waals surface area contributed by atoms with Gasteiger partial charge in [-0.05, 0) is 53.6 Å². The van der Waals surface area contributed by atoms with Gasteiger partial charge >= 0.3 is 0 Å². The van der Waals surface area contributed by atoms with Crippen LogP contribution in [0.1, 0.15) is 115 Å². The highest BCUT2D eigenvalue weighted by Crippen LogP contribution is 2.27. The van der Waals surface area contributed by atoms with E-state index in [0.717, 1.165) is 42.4 Å². The van der Waals surface area contributed by atoms with E-state index in [4.69, 9.17) is 4.74 Å².